The van der Waals surface area contributed by atoms with Gasteiger partial charge in [0, 0.05) is 6.54 Å². The van der Waals surface area contributed by atoms with Gasteiger partial charge in [0.2, 0.25) is 0 Å². The summed E-state index contributed by atoms with van der Waals surface area (Å²) < 4.78 is 1.60. The Balaban J connectivity index is 1.64. The van der Waals surface area contributed by atoms with Gasteiger partial charge in [-0.05, 0) is 37.1 Å². The predicted molar refractivity (Wildman–Crippen MR) is 98.5 cm³/mol. The van der Waals surface area contributed by atoms with Gasteiger partial charge in [-0.25, -0.2) is 9.67 Å². The zero-order chi connectivity index (χ0) is 18.4. The maximum absolute atomic E-state index is 9.41. The SMILES string of the molecule is N#Cc1ccc(NCCCc2nn(-c3ccccc3)c(N)c2C#N)cn1. The van der Waals surface area contributed by atoms with E-state index in [4.69, 9.17) is 11.0 Å². The normalized spacial score (nSPS) is 10.1. The first-order chi connectivity index (χ1) is 12.7. The second-order valence-corrected chi connectivity index (χ2v) is 5.64. The minimum atomic E-state index is 0.359. The second-order valence-electron chi connectivity index (χ2n) is 5.64. The Hall–Kier alpha value is -3.84. The van der Waals surface area contributed by atoms with E-state index in [9.17, 15) is 5.26 Å². The Morgan fingerprint density at radius 2 is 1.88 bits per heavy atom. The van der Waals surface area contributed by atoms with E-state index < -0.39 is 0 Å². The summed E-state index contributed by atoms with van der Waals surface area (Å²) in [7, 11) is 0. The lowest BCUT2D eigenvalue weighted by atomic mass is 10.1. The number of hydrogen-bond acceptors (Lipinski definition) is 6. The third-order valence-corrected chi connectivity index (χ3v) is 3.90. The molecule has 1 aromatic carbocycles. The molecular formula is C19H17N7. The third-order valence-electron chi connectivity index (χ3n) is 3.90. The molecule has 0 spiro atoms. The summed E-state index contributed by atoms with van der Waals surface area (Å²) in [6.45, 7) is 0.691. The van der Waals surface area contributed by atoms with Gasteiger partial charge in [-0.1, -0.05) is 18.2 Å². The molecule has 0 radical (unpaired) electrons. The summed E-state index contributed by atoms with van der Waals surface area (Å²) in [6, 6.07) is 17.1. The number of benzene rings is 1. The van der Waals surface area contributed by atoms with Gasteiger partial charge < -0.3 is 11.1 Å². The van der Waals surface area contributed by atoms with Crippen LogP contribution in [-0.4, -0.2) is 21.3 Å². The lowest BCUT2D eigenvalue weighted by Gasteiger charge is -2.05. The Morgan fingerprint density at radius 3 is 2.54 bits per heavy atom. The first-order valence-corrected chi connectivity index (χ1v) is 8.16. The van der Waals surface area contributed by atoms with Crippen LogP contribution < -0.4 is 11.1 Å². The van der Waals surface area contributed by atoms with Crippen molar-refractivity contribution in [2.75, 3.05) is 17.6 Å². The van der Waals surface area contributed by atoms with Crippen molar-refractivity contribution in [3.8, 4) is 17.8 Å². The highest BCUT2D eigenvalue weighted by Crippen LogP contribution is 2.21. The maximum atomic E-state index is 9.41. The van der Waals surface area contributed by atoms with Gasteiger partial charge in [0.25, 0.3) is 0 Å². The quantitative estimate of drug-likeness (QED) is 0.665. The van der Waals surface area contributed by atoms with E-state index in [-0.39, 0.29) is 0 Å². The molecule has 0 unspecified atom stereocenters. The van der Waals surface area contributed by atoms with Gasteiger partial charge in [-0.15, -0.1) is 0 Å². The van der Waals surface area contributed by atoms with Crippen molar-refractivity contribution in [3.05, 3.63) is 65.6 Å². The molecule has 0 aliphatic heterocycles. The summed E-state index contributed by atoms with van der Waals surface area (Å²) in [5.41, 5.74) is 9.27. The molecule has 7 heteroatoms. The van der Waals surface area contributed by atoms with Gasteiger partial charge in [0.1, 0.15) is 29.2 Å². The molecule has 0 fully saturated rings. The van der Waals surface area contributed by atoms with E-state index in [0.29, 0.717) is 35.7 Å². The number of aryl methyl sites for hydroxylation is 1. The predicted octanol–water partition coefficient (Wildman–Crippen LogP) is 2.64. The molecule has 3 N–H and O–H groups in total. The summed E-state index contributed by atoms with van der Waals surface area (Å²) in [5.74, 6) is 0.359. The van der Waals surface area contributed by atoms with Gasteiger partial charge in [0.05, 0.1) is 23.3 Å². The molecular weight excluding hydrogens is 326 g/mol. The van der Waals surface area contributed by atoms with Crippen LogP contribution in [0.5, 0.6) is 0 Å². The van der Waals surface area contributed by atoms with Crippen LogP contribution in [0, 0.1) is 22.7 Å². The molecule has 0 aliphatic carbocycles. The van der Waals surface area contributed by atoms with E-state index in [1.807, 2.05) is 42.5 Å². The van der Waals surface area contributed by atoms with Gasteiger partial charge in [0.15, 0.2) is 0 Å². The van der Waals surface area contributed by atoms with Crippen LogP contribution in [0.2, 0.25) is 0 Å². The number of nitrogen functional groups attached to an aromatic ring is 1. The average molecular weight is 343 g/mol. The van der Waals surface area contributed by atoms with Crippen LogP contribution in [0.25, 0.3) is 5.69 Å². The highest BCUT2D eigenvalue weighted by atomic mass is 15.3. The monoisotopic (exact) mass is 343 g/mol. The highest BCUT2D eigenvalue weighted by molar-refractivity contribution is 5.56. The van der Waals surface area contributed by atoms with E-state index in [0.717, 1.165) is 17.8 Å². The second kappa shape index (κ2) is 7.82. The molecule has 0 atom stereocenters. The highest BCUT2D eigenvalue weighted by Gasteiger charge is 2.15. The van der Waals surface area contributed by atoms with Crippen molar-refractivity contribution in [2.24, 2.45) is 0 Å². The minimum absolute atomic E-state index is 0.359. The van der Waals surface area contributed by atoms with Crippen LogP contribution in [0.1, 0.15) is 23.4 Å². The maximum Gasteiger partial charge on any atom is 0.145 e. The molecule has 0 amide bonds. The molecule has 0 aliphatic rings. The van der Waals surface area contributed by atoms with Gasteiger partial charge >= 0.3 is 0 Å². The Labute approximate surface area is 151 Å². The number of anilines is 2. The summed E-state index contributed by atoms with van der Waals surface area (Å²) in [5, 5.41) is 25.9. The fourth-order valence-corrected chi connectivity index (χ4v) is 2.59. The molecule has 7 nitrogen and oxygen atoms in total. The number of para-hydroxylation sites is 1. The number of nitriles is 2. The Morgan fingerprint density at radius 1 is 1.08 bits per heavy atom. The van der Waals surface area contributed by atoms with Crippen molar-refractivity contribution in [2.45, 2.75) is 12.8 Å². The zero-order valence-corrected chi connectivity index (χ0v) is 14.1. The van der Waals surface area contributed by atoms with Crippen molar-refractivity contribution in [1.82, 2.24) is 14.8 Å². The minimum Gasteiger partial charge on any atom is -0.384 e. The lowest BCUT2D eigenvalue weighted by Crippen LogP contribution is -2.04. The fourth-order valence-electron chi connectivity index (χ4n) is 2.59. The van der Waals surface area contributed by atoms with Crippen LogP contribution in [0.4, 0.5) is 11.5 Å². The van der Waals surface area contributed by atoms with Gasteiger partial charge in [-0.3, -0.25) is 0 Å². The number of hydrogen-bond donors (Lipinski definition) is 2. The molecule has 128 valence electrons. The number of rotatable bonds is 6. The molecule has 0 saturated carbocycles. The van der Waals surface area contributed by atoms with E-state index in [1.165, 1.54) is 0 Å². The third kappa shape index (κ3) is 3.63. The van der Waals surface area contributed by atoms with Crippen LogP contribution in [0.15, 0.2) is 48.7 Å². The number of pyridine rings is 1. The summed E-state index contributed by atoms with van der Waals surface area (Å²) in [4.78, 5) is 4.01. The van der Waals surface area contributed by atoms with Crippen molar-refractivity contribution < 1.29 is 0 Å². The van der Waals surface area contributed by atoms with E-state index >= 15 is 0 Å². The molecule has 3 aromatic rings. The first kappa shape index (κ1) is 17.0. The van der Waals surface area contributed by atoms with Crippen molar-refractivity contribution in [3.63, 3.8) is 0 Å². The smallest absolute Gasteiger partial charge is 0.145 e. The van der Waals surface area contributed by atoms with Crippen LogP contribution in [-0.2, 0) is 6.42 Å². The number of nitrogens with one attached hydrogen (secondary N) is 1. The van der Waals surface area contributed by atoms with Gasteiger partial charge in [-0.2, -0.15) is 15.6 Å². The fraction of sp³-hybridized carbons (Fsp3) is 0.158. The number of nitrogens with zero attached hydrogens (tertiary/aromatic N) is 5. The van der Waals surface area contributed by atoms with Crippen molar-refractivity contribution >= 4 is 11.5 Å². The summed E-state index contributed by atoms with van der Waals surface area (Å²) in [6.07, 6.45) is 3.03. The van der Waals surface area contributed by atoms with Crippen LogP contribution in [0.3, 0.4) is 0 Å². The molecule has 2 aromatic heterocycles. The molecule has 0 bridgehead atoms. The average Bonchev–Trinajstić information content (AvgIpc) is 3.01. The molecule has 3 rings (SSSR count). The first-order valence-electron chi connectivity index (χ1n) is 8.16. The standard InChI is InChI=1S/C19H17N7/c20-11-14-8-9-15(13-24-14)23-10-4-7-18-17(12-21)19(22)26(25-18)16-5-2-1-3-6-16/h1-3,5-6,8-9,13,23H,4,7,10,22H2. The molecule has 26 heavy (non-hydrogen) atoms. The van der Waals surface area contributed by atoms with E-state index in [2.05, 4.69) is 21.5 Å². The summed E-state index contributed by atoms with van der Waals surface area (Å²) >= 11 is 0. The topological polar surface area (TPSA) is 116 Å². The molecule has 2 heterocycles. The number of nitrogens with two attached hydrogens (primary N) is 1. The molecule has 0 saturated heterocycles. The Bertz CT molecular complexity index is 960. The zero-order valence-electron chi connectivity index (χ0n) is 14.1. The Kier molecular flexibility index (Phi) is 5.11. The lowest BCUT2D eigenvalue weighted by molar-refractivity contribution is 0.790. The van der Waals surface area contributed by atoms with Crippen LogP contribution >= 0.6 is 0 Å². The van der Waals surface area contributed by atoms with E-state index in [1.54, 1.807) is 16.9 Å². The largest absolute Gasteiger partial charge is 0.384 e. The number of aromatic nitrogens is 3. The van der Waals surface area contributed by atoms with Crippen molar-refractivity contribution in [1.29, 1.82) is 10.5 Å².